The van der Waals surface area contributed by atoms with Crippen molar-refractivity contribution in [1.82, 2.24) is 15.3 Å². The maximum Gasteiger partial charge on any atom is 0.147 e. The Morgan fingerprint density at radius 2 is 1.89 bits per heavy atom. The minimum absolute atomic E-state index is 0.562. The quantitative estimate of drug-likeness (QED) is 0.885. The van der Waals surface area contributed by atoms with E-state index in [9.17, 15) is 0 Å². The van der Waals surface area contributed by atoms with Crippen molar-refractivity contribution in [2.45, 2.75) is 46.1 Å². The maximum absolute atomic E-state index is 4.69. The topological polar surface area (TPSA) is 41.1 Å². The van der Waals surface area contributed by atoms with E-state index in [2.05, 4.69) is 34.0 Å². The van der Waals surface area contributed by atoms with Crippen molar-refractivity contribution in [3.05, 3.63) is 18.1 Å². The van der Waals surface area contributed by atoms with Crippen LogP contribution in [0.1, 0.15) is 45.2 Å². The van der Waals surface area contributed by atoms with E-state index in [4.69, 9.17) is 0 Å². The Morgan fingerprint density at radius 1 is 1.21 bits per heavy atom. The van der Waals surface area contributed by atoms with Crippen LogP contribution >= 0.6 is 0 Å². The van der Waals surface area contributed by atoms with Crippen molar-refractivity contribution in [1.29, 1.82) is 0 Å². The monoisotopic (exact) mass is 262 g/mol. The third kappa shape index (κ3) is 3.24. The molecule has 2 rings (SSSR count). The molecule has 0 aliphatic carbocycles. The normalized spacial score (nSPS) is 18.6. The van der Waals surface area contributed by atoms with E-state index in [1.807, 2.05) is 19.4 Å². The van der Waals surface area contributed by atoms with Crippen molar-refractivity contribution in [3.63, 3.8) is 0 Å². The maximum atomic E-state index is 4.69. The second-order valence-corrected chi connectivity index (χ2v) is 5.59. The van der Waals surface area contributed by atoms with Crippen LogP contribution in [0.5, 0.6) is 0 Å². The van der Waals surface area contributed by atoms with E-state index in [1.165, 1.54) is 25.7 Å². The van der Waals surface area contributed by atoms with Gasteiger partial charge < -0.3 is 10.2 Å². The molecule has 1 saturated heterocycles. The van der Waals surface area contributed by atoms with E-state index in [1.54, 1.807) is 0 Å². The molecule has 1 N–H and O–H groups in total. The molecule has 2 heterocycles. The summed E-state index contributed by atoms with van der Waals surface area (Å²) in [5, 5.41) is 3.12. The van der Waals surface area contributed by atoms with Gasteiger partial charge in [0.05, 0.1) is 11.9 Å². The highest BCUT2D eigenvalue weighted by Gasteiger charge is 2.31. The van der Waals surface area contributed by atoms with E-state index in [0.717, 1.165) is 31.1 Å². The molecule has 4 nitrogen and oxygen atoms in total. The van der Waals surface area contributed by atoms with E-state index in [-0.39, 0.29) is 0 Å². The van der Waals surface area contributed by atoms with Gasteiger partial charge in [0.1, 0.15) is 5.82 Å². The van der Waals surface area contributed by atoms with Crippen LogP contribution in [0.3, 0.4) is 0 Å². The Morgan fingerprint density at radius 3 is 2.47 bits per heavy atom. The van der Waals surface area contributed by atoms with E-state index in [0.29, 0.717) is 5.41 Å². The molecule has 1 fully saturated rings. The lowest BCUT2D eigenvalue weighted by molar-refractivity contribution is 0.199. The highest BCUT2D eigenvalue weighted by Crippen LogP contribution is 2.38. The smallest absolute Gasteiger partial charge is 0.147 e. The lowest BCUT2D eigenvalue weighted by atomic mass is 9.74. The number of hydrogen-bond acceptors (Lipinski definition) is 4. The first-order valence-electron chi connectivity index (χ1n) is 7.43. The molecule has 0 unspecified atom stereocenters. The summed E-state index contributed by atoms with van der Waals surface area (Å²) < 4.78 is 0. The second kappa shape index (κ2) is 6.33. The molecule has 0 atom stereocenters. The zero-order chi connectivity index (χ0) is 13.7. The van der Waals surface area contributed by atoms with Crippen LogP contribution in [-0.4, -0.2) is 30.1 Å². The number of anilines is 1. The van der Waals surface area contributed by atoms with Gasteiger partial charge in [-0.05, 0) is 25.3 Å². The Balaban J connectivity index is 2.03. The van der Waals surface area contributed by atoms with Crippen molar-refractivity contribution < 1.29 is 0 Å². The molecule has 1 aromatic heterocycles. The van der Waals surface area contributed by atoms with Crippen molar-refractivity contribution in [2.75, 3.05) is 25.0 Å². The highest BCUT2D eigenvalue weighted by atomic mass is 15.2. The van der Waals surface area contributed by atoms with E-state index >= 15 is 0 Å². The van der Waals surface area contributed by atoms with Crippen molar-refractivity contribution >= 4 is 5.82 Å². The number of hydrogen-bond donors (Lipinski definition) is 1. The molecule has 19 heavy (non-hydrogen) atoms. The summed E-state index contributed by atoms with van der Waals surface area (Å²) in [5.41, 5.74) is 1.58. The molecule has 106 valence electrons. The molecule has 0 aromatic carbocycles. The molecular weight excluding hydrogens is 236 g/mol. The summed E-state index contributed by atoms with van der Waals surface area (Å²) >= 11 is 0. The average Bonchev–Trinajstić information content (AvgIpc) is 2.48. The molecule has 0 radical (unpaired) electrons. The van der Waals surface area contributed by atoms with Gasteiger partial charge in [0, 0.05) is 25.8 Å². The van der Waals surface area contributed by atoms with Gasteiger partial charge in [-0.25, -0.2) is 4.98 Å². The minimum Gasteiger partial charge on any atom is -0.355 e. The second-order valence-electron chi connectivity index (χ2n) is 5.59. The summed E-state index contributed by atoms with van der Waals surface area (Å²) in [6.07, 6.45) is 8.87. The number of nitrogens with zero attached hydrogens (tertiary/aromatic N) is 3. The molecule has 0 amide bonds. The zero-order valence-corrected chi connectivity index (χ0v) is 12.4. The van der Waals surface area contributed by atoms with Crippen LogP contribution in [0.2, 0.25) is 0 Å². The highest BCUT2D eigenvalue weighted by molar-refractivity contribution is 5.37. The first kappa shape index (κ1) is 14.3. The molecular formula is C15H26N4. The molecule has 4 heteroatoms. The fourth-order valence-electron chi connectivity index (χ4n) is 2.98. The van der Waals surface area contributed by atoms with Gasteiger partial charge in [-0.1, -0.05) is 26.7 Å². The summed E-state index contributed by atoms with van der Waals surface area (Å²) in [4.78, 5) is 11.4. The van der Waals surface area contributed by atoms with Crippen molar-refractivity contribution in [2.24, 2.45) is 5.41 Å². The zero-order valence-electron chi connectivity index (χ0n) is 12.4. The first-order valence-corrected chi connectivity index (χ1v) is 7.43. The van der Waals surface area contributed by atoms with Crippen LogP contribution in [0, 0.1) is 5.41 Å². The third-order valence-corrected chi connectivity index (χ3v) is 4.68. The number of rotatable bonds is 5. The lowest BCUT2D eigenvalue weighted by Gasteiger charge is -2.41. The van der Waals surface area contributed by atoms with Crippen molar-refractivity contribution in [3.8, 4) is 0 Å². The first-order chi connectivity index (χ1) is 9.23. The third-order valence-electron chi connectivity index (χ3n) is 4.68. The largest absolute Gasteiger partial charge is 0.355 e. The summed E-state index contributed by atoms with van der Waals surface area (Å²) in [6.45, 7) is 7.65. The molecule has 1 aliphatic heterocycles. The average molecular weight is 262 g/mol. The fourth-order valence-corrected chi connectivity index (χ4v) is 2.98. The summed E-state index contributed by atoms with van der Waals surface area (Å²) in [7, 11) is 1.94. The Bertz CT molecular complexity index is 391. The Hall–Kier alpha value is -1.16. The minimum atomic E-state index is 0.562. The van der Waals surface area contributed by atoms with Gasteiger partial charge in [0.15, 0.2) is 0 Å². The van der Waals surface area contributed by atoms with Gasteiger partial charge in [-0.2, -0.15) is 0 Å². The van der Waals surface area contributed by atoms with E-state index < -0.39 is 0 Å². The fraction of sp³-hybridized carbons (Fsp3) is 0.733. The lowest BCUT2D eigenvalue weighted by Crippen LogP contribution is -2.40. The van der Waals surface area contributed by atoms with Gasteiger partial charge in [0.25, 0.3) is 0 Å². The predicted octanol–water partition coefficient (Wildman–Crippen LogP) is 2.60. The number of aromatic nitrogens is 2. The molecule has 0 saturated carbocycles. The van der Waals surface area contributed by atoms with Crippen LogP contribution in [0.25, 0.3) is 0 Å². The Labute approximate surface area is 116 Å². The van der Waals surface area contributed by atoms with Crippen LogP contribution in [-0.2, 0) is 6.54 Å². The molecule has 0 spiro atoms. The molecule has 1 aliphatic rings. The standard InChI is InChI=1S/C15H26N4/c1-4-15(5-2)6-8-19(9-7-15)14-12-17-11-13(18-14)10-16-3/h11-12,16H,4-10H2,1-3H3. The van der Waals surface area contributed by atoms with Gasteiger partial charge in [0.2, 0.25) is 0 Å². The Kier molecular flexibility index (Phi) is 4.75. The summed E-state index contributed by atoms with van der Waals surface area (Å²) in [6, 6.07) is 0. The molecule has 0 bridgehead atoms. The van der Waals surface area contributed by atoms with Gasteiger partial charge in [-0.3, -0.25) is 4.98 Å². The molecule has 1 aromatic rings. The number of piperidine rings is 1. The predicted molar refractivity (Wildman–Crippen MR) is 79.3 cm³/mol. The van der Waals surface area contributed by atoms with Gasteiger partial charge >= 0.3 is 0 Å². The number of nitrogens with one attached hydrogen (secondary N) is 1. The summed E-state index contributed by atoms with van der Waals surface area (Å²) in [5.74, 6) is 1.04. The van der Waals surface area contributed by atoms with Crippen LogP contribution in [0.4, 0.5) is 5.82 Å². The van der Waals surface area contributed by atoms with Gasteiger partial charge in [-0.15, -0.1) is 0 Å². The SMILES string of the molecule is CCC1(CC)CCN(c2cncc(CNC)n2)CC1. The van der Waals surface area contributed by atoms with Crippen LogP contribution in [0.15, 0.2) is 12.4 Å². The van der Waals surface area contributed by atoms with Crippen LogP contribution < -0.4 is 10.2 Å².